The van der Waals surface area contributed by atoms with E-state index < -0.39 is 27.8 Å². The van der Waals surface area contributed by atoms with E-state index in [0.29, 0.717) is 12.8 Å². The number of hydrogen-bond acceptors (Lipinski definition) is 5. The van der Waals surface area contributed by atoms with Gasteiger partial charge in [0.1, 0.15) is 4.21 Å². The third-order valence-electron chi connectivity index (χ3n) is 3.72. The van der Waals surface area contributed by atoms with Crippen LogP contribution in [0.3, 0.4) is 0 Å². The van der Waals surface area contributed by atoms with Gasteiger partial charge in [0.15, 0.2) is 0 Å². The Hall–Kier alpha value is -1.45. The van der Waals surface area contributed by atoms with Crippen LogP contribution in [0.25, 0.3) is 0 Å². The van der Waals surface area contributed by atoms with Crippen molar-refractivity contribution < 1.29 is 23.1 Å². The number of carbonyl (C=O) groups excluding carboxylic acids is 1. The lowest BCUT2D eigenvalue weighted by atomic mass is 9.93. The standard InChI is InChI=1S/C13H18N2O5S2/c1-9-4-5-10(13(17)18)8-15(9)11(16)7-14-22(19,20)12-3-2-6-21-12/h2-3,6,9-10,14H,4-5,7-8H2,1H3,(H,17,18). The number of thiophene rings is 1. The number of hydrogen-bond donors (Lipinski definition) is 2. The monoisotopic (exact) mass is 346 g/mol. The minimum Gasteiger partial charge on any atom is -0.481 e. The smallest absolute Gasteiger partial charge is 0.308 e. The molecule has 1 saturated heterocycles. The number of carbonyl (C=O) groups is 2. The Balaban J connectivity index is 1.98. The van der Waals surface area contributed by atoms with E-state index in [1.807, 2.05) is 6.92 Å². The molecule has 1 fully saturated rings. The van der Waals surface area contributed by atoms with Crippen molar-refractivity contribution in [3.63, 3.8) is 0 Å². The van der Waals surface area contributed by atoms with Gasteiger partial charge in [-0.15, -0.1) is 11.3 Å². The molecule has 1 aromatic heterocycles. The van der Waals surface area contributed by atoms with E-state index in [1.54, 1.807) is 11.4 Å². The highest BCUT2D eigenvalue weighted by Gasteiger charge is 2.32. The summed E-state index contributed by atoms with van der Waals surface area (Å²) < 4.78 is 26.4. The van der Waals surface area contributed by atoms with Crippen molar-refractivity contribution in [2.75, 3.05) is 13.1 Å². The Morgan fingerprint density at radius 2 is 2.18 bits per heavy atom. The predicted molar refractivity (Wildman–Crippen MR) is 81.0 cm³/mol. The number of carboxylic acids is 1. The number of carboxylic acid groups (broad SMARTS) is 1. The van der Waals surface area contributed by atoms with Gasteiger partial charge in [0, 0.05) is 12.6 Å². The maximum Gasteiger partial charge on any atom is 0.308 e. The fourth-order valence-electron chi connectivity index (χ4n) is 2.40. The molecule has 2 atom stereocenters. The fraction of sp³-hybridized carbons (Fsp3) is 0.538. The minimum absolute atomic E-state index is 0.0886. The van der Waals surface area contributed by atoms with Gasteiger partial charge in [-0.2, -0.15) is 0 Å². The molecule has 22 heavy (non-hydrogen) atoms. The topological polar surface area (TPSA) is 104 Å². The molecule has 0 radical (unpaired) electrons. The molecule has 0 spiro atoms. The van der Waals surface area contributed by atoms with Crippen molar-refractivity contribution in [3.05, 3.63) is 17.5 Å². The van der Waals surface area contributed by atoms with Gasteiger partial charge in [-0.25, -0.2) is 13.1 Å². The van der Waals surface area contributed by atoms with Crippen LogP contribution in [-0.4, -0.2) is 49.4 Å². The molecule has 2 unspecified atom stereocenters. The first-order valence-corrected chi connectivity index (χ1v) is 9.23. The zero-order valence-corrected chi connectivity index (χ0v) is 13.7. The van der Waals surface area contributed by atoms with Gasteiger partial charge >= 0.3 is 5.97 Å². The van der Waals surface area contributed by atoms with Crippen molar-refractivity contribution >= 4 is 33.2 Å². The van der Waals surface area contributed by atoms with Gasteiger partial charge < -0.3 is 10.0 Å². The number of likely N-dealkylation sites (tertiary alicyclic amines) is 1. The van der Waals surface area contributed by atoms with E-state index in [2.05, 4.69) is 4.72 Å². The molecule has 1 aromatic rings. The molecule has 0 aliphatic carbocycles. The molecule has 0 saturated carbocycles. The lowest BCUT2D eigenvalue weighted by molar-refractivity contribution is -0.146. The summed E-state index contributed by atoms with van der Waals surface area (Å²) in [7, 11) is -3.69. The van der Waals surface area contributed by atoms with Gasteiger partial charge in [0.05, 0.1) is 12.5 Å². The predicted octanol–water partition coefficient (Wildman–Crippen LogP) is 0.738. The lowest BCUT2D eigenvalue weighted by Gasteiger charge is -2.36. The first-order chi connectivity index (χ1) is 10.3. The van der Waals surface area contributed by atoms with E-state index >= 15 is 0 Å². The number of piperidine rings is 1. The Morgan fingerprint density at radius 3 is 2.77 bits per heavy atom. The van der Waals surface area contributed by atoms with E-state index in [-0.39, 0.29) is 23.3 Å². The summed E-state index contributed by atoms with van der Waals surface area (Å²) in [6.07, 6.45) is 1.13. The first-order valence-electron chi connectivity index (χ1n) is 6.86. The number of sulfonamides is 1. The molecule has 9 heteroatoms. The van der Waals surface area contributed by atoms with Crippen LogP contribution < -0.4 is 4.72 Å². The average molecular weight is 346 g/mol. The quantitative estimate of drug-likeness (QED) is 0.818. The van der Waals surface area contributed by atoms with E-state index in [1.165, 1.54) is 11.0 Å². The van der Waals surface area contributed by atoms with Crippen LogP contribution in [0, 0.1) is 5.92 Å². The second-order valence-electron chi connectivity index (χ2n) is 5.26. The summed E-state index contributed by atoms with van der Waals surface area (Å²) in [5, 5.41) is 10.7. The highest BCUT2D eigenvalue weighted by Crippen LogP contribution is 2.22. The minimum atomic E-state index is -3.69. The molecule has 2 N–H and O–H groups in total. The van der Waals surface area contributed by atoms with E-state index in [0.717, 1.165) is 11.3 Å². The number of nitrogens with zero attached hydrogens (tertiary/aromatic N) is 1. The lowest BCUT2D eigenvalue weighted by Crippen LogP contribution is -2.50. The molecule has 7 nitrogen and oxygen atoms in total. The summed E-state index contributed by atoms with van der Waals surface area (Å²) in [5.74, 6) is -1.92. The Labute approximate surface area is 133 Å². The largest absolute Gasteiger partial charge is 0.481 e. The molecule has 2 heterocycles. The van der Waals surface area contributed by atoms with E-state index in [9.17, 15) is 18.0 Å². The maximum atomic E-state index is 12.2. The molecular formula is C13H18N2O5S2. The highest BCUT2D eigenvalue weighted by molar-refractivity contribution is 7.91. The van der Waals surface area contributed by atoms with Crippen LogP contribution in [0.2, 0.25) is 0 Å². The van der Waals surface area contributed by atoms with Crippen LogP contribution >= 0.6 is 11.3 Å². The van der Waals surface area contributed by atoms with E-state index in [4.69, 9.17) is 5.11 Å². The molecule has 1 amide bonds. The second-order valence-corrected chi connectivity index (χ2v) is 8.21. The van der Waals surface area contributed by atoms with Crippen molar-refractivity contribution in [1.29, 1.82) is 0 Å². The SMILES string of the molecule is CC1CCC(C(=O)O)CN1C(=O)CNS(=O)(=O)c1cccs1. The molecule has 2 rings (SSSR count). The van der Waals surface area contributed by atoms with Crippen LogP contribution in [0.4, 0.5) is 0 Å². The normalized spacial score (nSPS) is 22.5. The van der Waals surface area contributed by atoms with Crippen molar-refractivity contribution in [2.24, 2.45) is 5.92 Å². The third kappa shape index (κ3) is 3.84. The summed E-state index contributed by atoms with van der Waals surface area (Å²) in [6, 6.07) is 2.99. The van der Waals surface area contributed by atoms with Crippen molar-refractivity contribution in [1.82, 2.24) is 9.62 Å². The van der Waals surface area contributed by atoms with Crippen molar-refractivity contribution in [2.45, 2.75) is 30.0 Å². The second kappa shape index (κ2) is 6.76. The number of nitrogens with one attached hydrogen (secondary N) is 1. The van der Waals surface area contributed by atoms with Gasteiger partial charge in [-0.1, -0.05) is 6.07 Å². The van der Waals surface area contributed by atoms with Gasteiger partial charge in [-0.3, -0.25) is 9.59 Å². The fourth-order valence-corrected chi connectivity index (χ4v) is 4.41. The summed E-state index contributed by atoms with van der Waals surface area (Å²) in [6.45, 7) is 1.59. The Morgan fingerprint density at radius 1 is 1.45 bits per heavy atom. The van der Waals surface area contributed by atoms with Gasteiger partial charge in [0.2, 0.25) is 5.91 Å². The summed E-state index contributed by atoms with van der Waals surface area (Å²) >= 11 is 1.07. The molecule has 122 valence electrons. The number of amides is 1. The van der Waals surface area contributed by atoms with Crippen LogP contribution in [0.1, 0.15) is 19.8 Å². The number of aliphatic carboxylic acids is 1. The molecule has 1 aliphatic heterocycles. The van der Waals surface area contributed by atoms with Crippen LogP contribution in [0.5, 0.6) is 0 Å². The summed E-state index contributed by atoms with van der Waals surface area (Å²) in [5.41, 5.74) is 0. The van der Waals surface area contributed by atoms with Gasteiger partial charge in [-0.05, 0) is 31.2 Å². The van der Waals surface area contributed by atoms with Crippen LogP contribution in [-0.2, 0) is 19.6 Å². The molecule has 0 aromatic carbocycles. The van der Waals surface area contributed by atoms with Crippen molar-refractivity contribution in [3.8, 4) is 0 Å². The maximum absolute atomic E-state index is 12.2. The first kappa shape index (κ1) is 16.9. The Bertz CT molecular complexity index is 641. The summed E-state index contributed by atoms with van der Waals surface area (Å²) in [4.78, 5) is 24.7. The zero-order valence-electron chi connectivity index (χ0n) is 12.1. The highest BCUT2D eigenvalue weighted by atomic mass is 32.2. The molecular weight excluding hydrogens is 328 g/mol. The molecule has 1 aliphatic rings. The van der Waals surface area contributed by atoms with Gasteiger partial charge in [0.25, 0.3) is 10.0 Å². The third-order valence-corrected chi connectivity index (χ3v) is 6.52. The Kier molecular flexibility index (Phi) is 5.20. The zero-order chi connectivity index (χ0) is 16.3. The molecule has 0 bridgehead atoms. The van der Waals surface area contributed by atoms with Crippen LogP contribution in [0.15, 0.2) is 21.7 Å². The average Bonchev–Trinajstić information content (AvgIpc) is 3.00. The number of rotatable bonds is 5.